The molecule has 2 atom stereocenters. The van der Waals surface area contributed by atoms with E-state index in [-0.39, 0.29) is 12.1 Å². The van der Waals surface area contributed by atoms with Gasteiger partial charge < -0.3 is 5.32 Å². The standard InChI is InChI=1S/C14H17Cl2N3/c1-10(9-19-8-4-7-17-19)18-11(2)12-5-3-6-13(15)14(12)16/h3-8,10-11,18H,9H2,1-2H3. The summed E-state index contributed by atoms with van der Waals surface area (Å²) in [5.74, 6) is 0. The fourth-order valence-corrected chi connectivity index (χ4v) is 2.58. The maximum Gasteiger partial charge on any atom is 0.0639 e. The molecule has 0 fully saturated rings. The molecule has 0 aliphatic carbocycles. The molecule has 1 aromatic carbocycles. The molecule has 3 nitrogen and oxygen atoms in total. The van der Waals surface area contributed by atoms with Crippen molar-refractivity contribution in [3.63, 3.8) is 0 Å². The molecule has 1 N–H and O–H groups in total. The van der Waals surface area contributed by atoms with Crippen LogP contribution in [-0.2, 0) is 6.54 Å². The van der Waals surface area contributed by atoms with Gasteiger partial charge in [0.2, 0.25) is 0 Å². The van der Waals surface area contributed by atoms with Crippen LogP contribution < -0.4 is 5.32 Å². The van der Waals surface area contributed by atoms with Gasteiger partial charge in [0, 0.05) is 24.5 Å². The summed E-state index contributed by atoms with van der Waals surface area (Å²) < 4.78 is 1.91. The molecule has 0 saturated carbocycles. The molecule has 2 unspecified atom stereocenters. The van der Waals surface area contributed by atoms with Crippen molar-refractivity contribution in [2.75, 3.05) is 0 Å². The molecular formula is C14H17Cl2N3. The van der Waals surface area contributed by atoms with Gasteiger partial charge in [-0.3, -0.25) is 4.68 Å². The molecule has 2 rings (SSSR count). The summed E-state index contributed by atoms with van der Waals surface area (Å²) in [5.41, 5.74) is 1.02. The largest absolute Gasteiger partial charge is 0.306 e. The van der Waals surface area contributed by atoms with E-state index in [1.54, 1.807) is 12.3 Å². The van der Waals surface area contributed by atoms with Crippen molar-refractivity contribution in [3.8, 4) is 0 Å². The van der Waals surface area contributed by atoms with Gasteiger partial charge in [0.05, 0.1) is 16.6 Å². The number of nitrogens with one attached hydrogen (secondary N) is 1. The molecule has 0 amide bonds. The number of aromatic nitrogens is 2. The Morgan fingerprint density at radius 1 is 1.26 bits per heavy atom. The summed E-state index contributed by atoms with van der Waals surface area (Å²) in [7, 11) is 0. The minimum atomic E-state index is 0.136. The van der Waals surface area contributed by atoms with Crippen LogP contribution >= 0.6 is 23.2 Å². The lowest BCUT2D eigenvalue weighted by Crippen LogP contribution is -2.32. The van der Waals surface area contributed by atoms with Crippen molar-refractivity contribution in [2.45, 2.75) is 32.5 Å². The van der Waals surface area contributed by atoms with Crippen molar-refractivity contribution in [1.82, 2.24) is 15.1 Å². The Morgan fingerprint density at radius 2 is 2.05 bits per heavy atom. The Morgan fingerprint density at radius 3 is 2.74 bits per heavy atom. The van der Waals surface area contributed by atoms with E-state index in [4.69, 9.17) is 23.2 Å². The first kappa shape index (κ1) is 14.4. The van der Waals surface area contributed by atoms with Crippen LogP contribution in [0.5, 0.6) is 0 Å². The third-order valence-corrected chi connectivity index (χ3v) is 3.84. The van der Waals surface area contributed by atoms with Crippen LogP contribution in [0.4, 0.5) is 0 Å². The second kappa shape index (κ2) is 6.42. The predicted octanol–water partition coefficient (Wildman–Crippen LogP) is 3.93. The molecule has 0 bridgehead atoms. The van der Waals surface area contributed by atoms with Crippen LogP contribution in [-0.4, -0.2) is 15.8 Å². The average Bonchev–Trinajstić information content (AvgIpc) is 2.85. The zero-order valence-corrected chi connectivity index (χ0v) is 12.5. The van der Waals surface area contributed by atoms with Crippen molar-refractivity contribution >= 4 is 23.2 Å². The monoisotopic (exact) mass is 297 g/mol. The van der Waals surface area contributed by atoms with E-state index < -0.39 is 0 Å². The van der Waals surface area contributed by atoms with Gasteiger partial charge >= 0.3 is 0 Å². The molecule has 0 aliphatic heterocycles. The summed E-state index contributed by atoms with van der Waals surface area (Å²) in [6.45, 7) is 5.02. The van der Waals surface area contributed by atoms with E-state index in [0.717, 1.165) is 12.1 Å². The third kappa shape index (κ3) is 3.72. The third-order valence-electron chi connectivity index (χ3n) is 3.00. The van der Waals surface area contributed by atoms with E-state index in [9.17, 15) is 0 Å². The smallest absolute Gasteiger partial charge is 0.0639 e. The number of hydrogen-bond donors (Lipinski definition) is 1. The first-order valence-corrected chi connectivity index (χ1v) is 7.01. The maximum absolute atomic E-state index is 6.22. The average molecular weight is 298 g/mol. The quantitative estimate of drug-likeness (QED) is 0.906. The summed E-state index contributed by atoms with van der Waals surface area (Å²) in [6, 6.07) is 8.05. The van der Waals surface area contributed by atoms with Crippen molar-refractivity contribution in [1.29, 1.82) is 0 Å². The summed E-state index contributed by atoms with van der Waals surface area (Å²) in [5, 5.41) is 8.91. The lowest BCUT2D eigenvalue weighted by molar-refractivity contribution is 0.413. The number of hydrogen-bond acceptors (Lipinski definition) is 2. The molecule has 102 valence electrons. The molecular weight excluding hydrogens is 281 g/mol. The van der Waals surface area contributed by atoms with Crippen molar-refractivity contribution < 1.29 is 0 Å². The van der Waals surface area contributed by atoms with Gasteiger partial charge in [-0.25, -0.2) is 0 Å². The summed E-state index contributed by atoms with van der Waals surface area (Å²) in [6.07, 6.45) is 3.74. The molecule has 0 aliphatic rings. The Bertz CT molecular complexity index is 525. The van der Waals surface area contributed by atoms with Gasteiger partial charge in [0.15, 0.2) is 0 Å². The highest BCUT2D eigenvalue weighted by atomic mass is 35.5. The zero-order valence-electron chi connectivity index (χ0n) is 11.0. The molecule has 0 saturated heterocycles. The van der Waals surface area contributed by atoms with Crippen LogP contribution in [0.2, 0.25) is 10.0 Å². The van der Waals surface area contributed by atoms with Gasteiger partial charge in [-0.15, -0.1) is 0 Å². The van der Waals surface area contributed by atoms with Gasteiger partial charge in [0.25, 0.3) is 0 Å². The first-order chi connectivity index (χ1) is 9.08. The van der Waals surface area contributed by atoms with Crippen LogP contribution in [0, 0.1) is 0 Å². The van der Waals surface area contributed by atoms with E-state index in [1.165, 1.54) is 0 Å². The number of benzene rings is 1. The maximum atomic E-state index is 6.22. The number of halogens is 2. The fraction of sp³-hybridized carbons (Fsp3) is 0.357. The van der Waals surface area contributed by atoms with E-state index in [2.05, 4.69) is 24.3 Å². The zero-order chi connectivity index (χ0) is 13.8. The highest BCUT2D eigenvalue weighted by Gasteiger charge is 2.14. The summed E-state index contributed by atoms with van der Waals surface area (Å²) in [4.78, 5) is 0. The van der Waals surface area contributed by atoms with Gasteiger partial charge in [-0.2, -0.15) is 5.10 Å². The highest BCUT2D eigenvalue weighted by molar-refractivity contribution is 6.42. The normalized spacial score (nSPS) is 14.3. The number of rotatable bonds is 5. The van der Waals surface area contributed by atoms with E-state index in [0.29, 0.717) is 10.0 Å². The molecule has 0 spiro atoms. The second-order valence-electron chi connectivity index (χ2n) is 4.66. The highest BCUT2D eigenvalue weighted by Crippen LogP contribution is 2.29. The van der Waals surface area contributed by atoms with Crippen LogP contribution in [0.25, 0.3) is 0 Å². The van der Waals surface area contributed by atoms with E-state index >= 15 is 0 Å². The Hall–Kier alpha value is -1.03. The predicted molar refractivity (Wildman–Crippen MR) is 79.7 cm³/mol. The van der Waals surface area contributed by atoms with Crippen LogP contribution in [0.15, 0.2) is 36.7 Å². The fourth-order valence-electron chi connectivity index (χ4n) is 2.11. The Kier molecular flexibility index (Phi) is 4.86. The minimum absolute atomic E-state index is 0.136. The Balaban J connectivity index is 2.00. The number of nitrogens with zero attached hydrogens (tertiary/aromatic N) is 2. The molecule has 1 heterocycles. The van der Waals surface area contributed by atoms with Crippen molar-refractivity contribution in [3.05, 3.63) is 52.3 Å². The molecule has 1 aromatic heterocycles. The van der Waals surface area contributed by atoms with Gasteiger partial charge in [-0.1, -0.05) is 35.3 Å². The van der Waals surface area contributed by atoms with Crippen molar-refractivity contribution in [2.24, 2.45) is 0 Å². The summed E-state index contributed by atoms with van der Waals surface area (Å²) >= 11 is 12.3. The van der Waals surface area contributed by atoms with Gasteiger partial charge in [0.1, 0.15) is 0 Å². The van der Waals surface area contributed by atoms with Crippen LogP contribution in [0.3, 0.4) is 0 Å². The SMILES string of the molecule is CC(Cn1cccn1)NC(C)c1cccc(Cl)c1Cl. The lowest BCUT2D eigenvalue weighted by Gasteiger charge is -2.21. The Labute approximate surface area is 123 Å². The van der Waals surface area contributed by atoms with Gasteiger partial charge in [-0.05, 0) is 31.5 Å². The second-order valence-corrected chi connectivity index (χ2v) is 5.45. The molecule has 0 radical (unpaired) electrons. The molecule has 5 heteroatoms. The first-order valence-electron chi connectivity index (χ1n) is 6.25. The topological polar surface area (TPSA) is 29.9 Å². The van der Waals surface area contributed by atoms with E-state index in [1.807, 2.05) is 29.1 Å². The molecule has 2 aromatic rings. The molecule has 19 heavy (non-hydrogen) atoms. The lowest BCUT2D eigenvalue weighted by atomic mass is 10.1. The van der Waals surface area contributed by atoms with Crippen LogP contribution in [0.1, 0.15) is 25.5 Å². The minimum Gasteiger partial charge on any atom is -0.306 e.